The van der Waals surface area contributed by atoms with E-state index in [1.807, 2.05) is 18.7 Å². The lowest BCUT2D eigenvalue weighted by atomic mass is 9.96. The van der Waals surface area contributed by atoms with Crippen molar-refractivity contribution in [3.05, 3.63) is 0 Å². The van der Waals surface area contributed by atoms with Gasteiger partial charge in [-0.3, -0.25) is 4.79 Å². The molecule has 0 bridgehead atoms. The van der Waals surface area contributed by atoms with E-state index >= 15 is 0 Å². The van der Waals surface area contributed by atoms with Crippen LogP contribution in [0.1, 0.15) is 53.4 Å². The van der Waals surface area contributed by atoms with E-state index in [0.29, 0.717) is 18.2 Å². The van der Waals surface area contributed by atoms with E-state index in [9.17, 15) is 9.90 Å². The second-order valence-corrected chi connectivity index (χ2v) is 6.31. The molecule has 3 nitrogen and oxygen atoms in total. The highest BCUT2D eigenvalue weighted by Crippen LogP contribution is 2.23. The summed E-state index contributed by atoms with van der Waals surface area (Å²) in [6, 6.07) is 0. The van der Waals surface area contributed by atoms with Crippen LogP contribution < -0.4 is 5.32 Å². The molecular weight excluding hydrogens is 234 g/mol. The Bertz CT molecular complexity index is 223. The molecule has 0 saturated heterocycles. The number of rotatable bonds is 10. The molecule has 0 aliphatic carbocycles. The Kier molecular flexibility index (Phi) is 8.70. The van der Waals surface area contributed by atoms with Crippen molar-refractivity contribution in [2.45, 2.75) is 64.2 Å². The average molecular weight is 261 g/mol. The third-order valence-electron chi connectivity index (χ3n) is 2.88. The first-order valence-electron chi connectivity index (χ1n) is 6.56. The minimum absolute atomic E-state index is 0.381. The van der Waals surface area contributed by atoms with Crippen molar-refractivity contribution in [2.24, 2.45) is 0 Å². The molecule has 102 valence electrons. The van der Waals surface area contributed by atoms with Gasteiger partial charge in [-0.15, -0.1) is 0 Å². The predicted octanol–water partition coefficient (Wildman–Crippen LogP) is 3.14. The Hall–Kier alpha value is -0.220. The number of carboxylic acids is 1. The minimum Gasteiger partial charge on any atom is -0.480 e. The molecule has 0 aromatic rings. The van der Waals surface area contributed by atoms with Crippen LogP contribution in [0.25, 0.3) is 0 Å². The fraction of sp³-hybridized carbons (Fsp3) is 0.923. The standard InChI is InChI=1S/C13H27NO2S/c1-5-7-8-9-17-11(3)10-13(4,12(15)16)14-6-2/h11,14H,5-10H2,1-4H3,(H,15,16). The normalized spacial score (nSPS) is 16.5. The van der Waals surface area contributed by atoms with E-state index in [4.69, 9.17) is 0 Å². The summed E-state index contributed by atoms with van der Waals surface area (Å²) in [7, 11) is 0. The van der Waals surface area contributed by atoms with Gasteiger partial charge in [-0.25, -0.2) is 0 Å². The molecule has 0 aromatic carbocycles. The lowest BCUT2D eigenvalue weighted by Gasteiger charge is -2.28. The molecule has 0 aromatic heterocycles. The smallest absolute Gasteiger partial charge is 0.323 e. The van der Waals surface area contributed by atoms with Crippen LogP contribution in [0.3, 0.4) is 0 Å². The van der Waals surface area contributed by atoms with Gasteiger partial charge in [-0.05, 0) is 32.1 Å². The first-order valence-corrected chi connectivity index (χ1v) is 7.61. The molecule has 0 radical (unpaired) electrons. The molecule has 0 saturated carbocycles. The monoisotopic (exact) mass is 261 g/mol. The third kappa shape index (κ3) is 6.94. The summed E-state index contributed by atoms with van der Waals surface area (Å²) in [4.78, 5) is 11.3. The molecule has 0 fully saturated rings. The quantitative estimate of drug-likeness (QED) is 0.593. The number of nitrogens with one attached hydrogen (secondary N) is 1. The second kappa shape index (κ2) is 8.81. The van der Waals surface area contributed by atoms with E-state index < -0.39 is 11.5 Å². The van der Waals surface area contributed by atoms with Gasteiger partial charge in [0.15, 0.2) is 0 Å². The van der Waals surface area contributed by atoms with Crippen LogP contribution in [-0.2, 0) is 4.79 Å². The van der Waals surface area contributed by atoms with Gasteiger partial charge < -0.3 is 10.4 Å². The van der Waals surface area contributed by atoms with Crippen LogP contribution in [-0.4, -0.2) is 34.2 Å². The Balaban J connectivity index is 4.04. The summed E-state index contributed by atoms with van der Waals surface area (Å²) in [6.45, 7) is 8.73. The molecule has 17 heavy (non-hydrogen) atoms. The van der Waals surface area contributed by atoms with Crippen LogP contribution in [0.2, 0.25) is 0 Å². The fourth-order valence-corrected chi connectivity index (χ4v) is 3.12. The maximum absolute atomic E-state index is 11.3. The molecule has 0 amide bonds. The highest BCUT2D eigenvalue weighted by molar-refractivity contribution is 7.99. The number of thioether (sulfide) groups is 1. The van der Waals surface area contributed by atoms with Crippen LogP contribution in [0.15, 0.2) is 0 Å². The van der Waals surface area contributed by atoms with Crippen molar-refractivity contribution < 1.29 is 9.90 Å². The van der Waals surface area contributed by atoms with Crippen molar-refractivity contribution in [3.8, 4) is 0 Å². The summed E-state index contributed by atoms with van der Waals surface area (Å²) >= 11 is 1.88. The van der Waals surface area contributed by atoms with Crippen LogP contribution in [0.4, 0.5) is 0 Å². The van der Waals surface area contributed by atoms with Gasteiger partial charge in [0.25, 0.3) is 0 Å². The molecule has 2 N–H and O–H groups in total. The molecule has 4 heteroatoms. The Morgan fingerprint density at radius 1 is 1.41 bits per heavy atom. The van der Waals surface area contributed by atoms with Gasteiger partial charge in [-0.1, -0.05) is 33.6 Å². The highest BCUT2D eigenvalue weighted by atomic mass is 32.2. The van der Waals surface area contributed by atoms with E-state index in [-0.39, 0.29) is 0 Å². The number of likely N-dealkylation sites (N-methyl/N-ethyl adjacent to an activating group) is 1. The summed E-state index contributed by atoms with van der Waals surface area (Å²) in [5, 5.41) is 12.7. The zero-order chi connectivity index (χ0) is 13.3. The van der Waals surface area contributed by atoms with Crippen LogP contribution in [0.5, 0.6) is 0 Å². The topological polar surface area (TPSA) is 49.3 Å². The number of aliphatic carboxylic acids is 1. The highest BCUT2D eigenvalue weighted by Gasteiger charge is 2.33. The summed E-state index contributed by atoms with van der Waals surface area (Å²) in [5.74, 6) is 0.386. The largest absolute Gasteiger partial charge is 0.480 e. The number of hydrogen-bond acceptors (Lipinski definition) is 3. The van der Waals surface area contributed by atoms with Crippen molar-refractivity contribution >= 4 is 17.7 Å². The summed E-state index contributed by atoms with van der Waals surface area (Å²) in [6.07, 6.45) is 4.41. The van der Waals surface area contributed by atoms with Gasteiger partial charge >= 0.3 is 5.97 Å². The van der Waals surface area contributed by atoms with Crippen molar-refractivity contribution in [2.75, 3.05) is 12.3 Å². The number of unbranched alkanes of at least 4 members (excludes halogenated alkanes) is 2. The Morgan fingerprint density at radius 2 is 2.06 bits per heavy atom. The van der Waals surface area contributed by atoms with E-state index in [1.54, 1.807) is 6.92 Å². The van der Waals surface area contributed by atoms with Crippen LogP contribution >= 0.6 is 11.8 Å². The minimum atomic E-state index is -0.786. The molecule has 2 unspecified atom stereocenters. The molecule has 0 aliphatic rings. The zero-order valence-corrected chi connectivity index (χ0v) is 12.4. The lowest BCUT2D eigenvalue weighted by molar-refractivity contribution is -0.144. The van der Waals surface area contributed by atoms with Crippen molar-refractivity contribution in [1.29, 1.82) is 0 Å². The van der Waals surface area contributed by atoms with Gasteiger partial charge in [-0.2, -0.15) is 11.8 Å². The average Bonchev–Trinajstić information content (AvgIpc) is 2.24. The van der Waals surface area contributed by atoms with E-state index in [0.717, 1.165) is 5.75 Å². The molecular formula is C13H27NO2S. The first-order chi connectivity index (χ1) is 7.96. The lowest BCUT2D eigenvalue weighted by Crippen LogP contribution is -2.50. The Labute approximate surface area is 110 Å². The van der Waals surface area contributed by atoms with Gasteiger partial charge in [0.1, 0.15) is 5.54 Å². The third-order valence-corrected chi connectivity index (χ3v) is 4.15. The number of hydrogen-bond donors (Lipinski definition) is 2. The zero-order valence-electron chi connectivity index (χ0n) is 11.6. The molecule has 2 atom stereocenters. The number of carboxylic acid groups (broad SMARTS) is 1. The SMILES string of the molecule is CCCCCSC(C)CC(C)(NCC)C(=O)O. The van der Waals surface area contributed by atoms with E-state index in [2.05, 4.69) is 19.2 Å². The van der Waals surface area contributed by atoms with Gasteiger partial charge in [0, 0.05) is 5.25 Å². The first kappa shape index (κ1) is 16.8. The van der Waals surface area contributed by atoms with Crippen molar-refractivity contribution in [1.82, 2.24) is 5.32 Å². The summed E-state index contributed by atoms with van der Waals surface area (Å²) < 4.78 is 0. The molecule has 0 rings (SSSR count). The second-order valence-electron chi connectivity index (χ2n) is 4.76. The fourth-order valence-electron chi connectivity index (χ4n) is 1.90. The van der Waals surface area contributed by atoms with Crippen molar-refractivity contribution in [3.63, 3.8) is 0 Å². The Morgan fingerprint density at radius 3 is 2.53 bits per heavy atom. The molecule has 0 aliphatic heterocycles. The van der Waals surface area contributed by atoms with Crippen LogP contribution in [0, 0.1) is 0 Å². The summed E-state index contributed by atoms with van der Waals surface area (Å²) in [5.41, 5.74) is -0.786. The van der Waals surface area contributed by atoms with Gasteiger partial charge in [0.05, 0.1) is 0 Å². The maximum Gasteiger partial charge on any atom is 0.323 e. The molecule has 0 spiro atoms. The maximum atomic E-state index is 11.3. The van der Waals surface area contributed by atoms with E-state index in [1.165, 1.54) is 19.3 Å². The molecule has 0 heterocycles. The number of carbonyl (C=O) groups is 1. The van der Waals surface area contributed by atoms with Gasteiger partial charge in [0.2, 0.25) is 0 Å². The predicted molar refractivity (Wildman–Crippen MR) is 75.8 cm³/mol.